The van der Waals surface area contributed by atoms with Gasteiger partial charge >= 0.3 is 0 Å². The number of nitrogens with zero attached hydrogens (tertiary/aromatic N) is 3. The summed E-state index contributed by atoms with van der Waals surface area (Å²) in [5.41, 5.74) is 2.64. The summed E-state index contributed by atoms with van der Waals surface area (Å²) in [6, 6.07) is 5.25. The highest BCUT2D eigenvalue weighted by Gasteiger charge is 2.19. The van der Waals surface area contributed by atoms with Crippen molar-refractivity contribution in [2.24, 2.45) is 0 Å². The van der Waals surface area contributed by atoms with Crippen molar-refractivity contribution < 1.29 is 4.74 Å². The summed E-state index contributed by atoms with van der Waals surface area (Å²) in [6.07, 6.45) is 5.64. The van der Waals surface area contributed by atoms with Gasteiger partial charge in [0.2, 0.25) is 5.28 Å². The molecule has 3 rings (SSSR count). The van der Waals surface area contributed by atoms with E-state index in [2.05, 4.69) is 62.4 Å². The summed E-state index contributed by atoms with van der Waals surface area (Å²) in [7, 11) is -1.13. The standard InChI is InChI=1S/C19H22BrCl2N3OSSi/c1-27-18-14(20)6-5-12-13(16-15(21)9-23-19(22)24-16)10-25(17(12)18)11-26-7-8-28(2,3)4/h5-6,9-10H,7-8,11H2,1-4H3. The molecule has 0 saturated carbocycles. The molecule has 0 N–H and O–H groups in total. The number of rotatable bonds is 7. The van der Waals surface area contributed by atoms with Gasteiger partial charge in [0.15, 0.2) is 0 Å². The second-order valence-electron chi connectivity index (χ2n) is 7.67. The van der Waals surface area contributed by atoms with E-state index in [9.17, 15) is 0 Å². The van der Waals surface area contributed by atoms with Crippen LogP contribution in [0.25, 0.3) is 22.2 Å². The van der Waals surface area contributed by atoms with Crippen LogP contribution >= 0.6 is 50.9 Å². The molecule has 0 unspecified atom stereocenters. The fraction of sp³-hybridized carbons (Fsp3) is 0.368. The van der Waals surface area contributed by atoms with Gasteiger partial charge in [-0.1, -0.05) is 37.3 Å². The van der Waals surface area contributed by atoms with Crippen molar-refractivity contribution in [3.05, 3.63) is 39.3 Å². The Morgan fingerprint density at radius 2 is 2.00 bits per heavy atom. The second kappa shape index (κ2) is 9.06. The normalized spacial score (nSPS) is 12.1. The minimum absolute atomic E-state index is 0.175. The maximum atomic E-state index is 6.39. The van der Waals surface area contributed by atoms with Gasteiger partial charge < -0.3 is 9.30 Å². The van der Waals surface area contributed by atoms with Crippen LogP contribution < -0.4 is 0 Å². The Morgan fingerprint density at radius 3 is 2.68 bits per heavy atom. The number of ether oxygens (including phenoxy) is 1. The van der Waals surface area contributed by atoms with E-state index >= 15 is 0 Å². The van der Waals surface area contributed by atoms with Crippen LogP contribution in [0.2, 0.25) is 36.0 Å². The van der Waals surface area contributed by atoms with Gasteiger partial charge in [-0.3, -0.25) is 0 Å². The Kier molecular flexibility index (Phi) is 7.16. The molecule has 0 saturated heterocycles. The Bertz CT molecular complexity index is 1010. The smallest absolute Gasteiger partial charge is 0.222 e. The molecule has 1 aromatic carbocycles. The number of hydrogen-bond donors (Lipinski definition) is 0. The van der Waals surface area contributed by atoms with E-state index in [1.165, 1.54) is 6.20 Å². The molecule has 0 radical (unpaired) electrons. The van der Waals surface area contributed by atoms with Crippen LogP contribution in [0.1, 0.15) is 0 Å². The number of benzene rings is 1. The molecular weight excluding hydrogens is 497 g/mol. The maximum Gasteiger partial charge on any atom is 0.222 e. The number of thioether (sulfide) groups is 1. The third-order valence-electron chi connectivity index (χ3n) is 4.35. The lowest BCUT2D eigenvalue weighted by Gasteiger charge is -2.16. The number of hydrogen-bond acceptors (Lipinski definition) is 4. The van der Waals surface area contributed by atoms with Crippen molar-refractivity contribution in [1.82, 2.24) is 14.5 Å². The number of aromatic nitrogens is 3. The van der Waals surface area contributed by atoms with Crippen LogP contribution in [0, 0.1) is 0 Å². The first-order valence-corrected chi connectivity index (χ1v) is 15.3. The summed E-state index contributed by atoms with van der Waals surface area (Å²) < 4.78 is 9.20. The fourth-order valence-electron chi connectivity index (χ4n) is 2.90. The van der Waals surface area contributed by atoms with Gasteiger partial charge in [0.1, 0.15) is 6.73 Å². The Labute approximate surface area is 189 Å². The van der Waals surface area contributed by atoms with Crippen LogP contribution in [0.5, 0.6) is 0 Å². The first-order valence-electron chi connectivity index (χ1n) is 8.83. The number of fused-ring (bicyclic) bond motifs is 1. The average molecular weight is 519 g/mol. The minimum atomic E-state index is -1.13. The van der Waals surface area contributed by atoms with Crippen LogP contribution in [0.4, 0.5) is 0 Å². The van der Waals surface area contributed by atoms with Gasteiger partial charge in [0.25, 0.3) is 0 Å². The van der Waals surface area contributed by atoms with Crippen molar-refractivity contribution in [2.45, 2.75) is 37.3 Å². The Balaban J connectivity index is 2.07. The molecule has 2 heterocycles. The largest absolute Gasteiger partial charge is 0.361 e. The predicted octanol–water partition coefficient (Wildman–Crippen LogP) is 7.20. The molecule has 0 bridgehead atoms. The molecule has 4 nitrogen and oxygen atoms in total. The van der Waals surface area contributed by atoms with Gasteiger partial charge in [-0.15, -0.1) is 11.8 Å². The monoisotopic (exact) mass is 517 g/mol. The van der Waals surface area contributed by atoms with Gasteiger partial charge in [-0.25, -0.2) is 9.97 Å². The zero-order chi connectivity index (χ0) is 20.5. The topological polar surface area (TPSA) is 39.9 Å². The van der Waals surface area contributed by atoms with E-state index in [-0.39, 0.29) is 5.28 Å². The summed E-state index contributed by atoms with van der Waals surface area (Å²) in [6.45, 7) is 8.28. The lowest BCUT2D eigenvalue weighted by molar-refractivity contribution is 0.0901. The highest BCUT2D eigenvalue weighted by Crippen LogP contribution is 2.40. The minimum Gasteiger partial charge on any atom is -0.361 e. The summed E-state index contributed by atoms with van der Waals surface area (Å²) in [4.78, 5) is 9.48. The lowest BCUT2D eigenvalue weighted by Crippen LogP contribution is -2.22. The lowest BCUT2D eigenvalue weighted by atomic mass is 10.1. The average Bonchev–Trinajstić information content (AvgIpc) is 2.98. The molecule has 9 heteroatoms. The summed E-state index contributed by atoms with van der Waals surface area (Å²) in [5, 5.41) is 1.70. The highest BCUT2D eigenvalue weighted by molar-refractivity contribution is 9.10. The molecule has 0 atom stereocenters. The van der Waals surface area contributed by atoms with Gasteiger partial charge in [-0.05, 0) is 45.9 Å². The molecule has 0 spiro atoms. The van der Waals surface area contributed by atoms with Gasteiger partial charge in [-0.2, -0.15) is 0 Å². The van der Waals surface area contributed by atoms with Crippen LogP contribution in [-0.4, -0.2) is 35.5 Å². The van der Waals surface area contributed by atoms with Gasteiger partial charge in [0.05, 0.1) is 22.4 Å². The molecule has 0 amide bonds. The molecule has 28 heavy (non-hydrogen) atoms. The summed E-state index contributed by atoms with van der Waals surface area (Å²) >= 11 is 17.8. The van der Waals surface area contributed by atoms with E-state index in [4.69, 9.17) is 27.9 Å². The molecular formula is C19H22BrCl2N3OSSi. The molecule has 3 aromatic rings. The van der Waals surface area contributed by atoms with E-state index in [1.54, 1.807) is 11.8 Å². The Hall–Kier alpha value is -0.573. The number of halogens is 3. The van der Waals surface area contributed by atoms with Crippen molar-refractivity contribution in [3.63, 3.8) is 0 Å². The molecule has 2 aromatic heterocycles. The molecule has 150 valence electrons. The van der Waals surface area contributed by atoms with Gasteiger partial charge in [0, 0.05) is 41.2 Å². The summed E-state index contributed by atoms with van der Waals surface area (Å²) in [5.74, 6) is 0. The first kappa shape index (κ1) is 22.1. The van der Waals surface area contributed by atoms with Crippen molar-refractivity contribution in [1.29, 1.82) is 0 Å². The van der Waals surface area contributed by atoms with E-state index in [0.29, 0.717) is 17.4 Å². The predicted molar refractivity (Wildman–Crippen MR) is 127 cm³/mol. The van der Waals surface area contributed by atoms with Crippen LogP contribution in [0.3, 0.4) is 0 Å². The fourth-order valence-corrected chi connectivity index (χ4v) is 5.47. The third kappa shape index (κ3) is 4.94. The Morgan fingerprint density at radius 1 is 1.25 bits per heavy atom. The van der Waals surface area contributed by atoms with Crippen molar-refractivity contribution in [3.8, 4) is 11.3 Å². The molecule has 0 aliphatic carbocycles. The van der Waals surface area contributed by atoms with Crippen molar-refractivity contribution >= 4 is 69.9 Å². The zero-order valence-corrected chi connectivity index (χ0v) is 21.1. The second-order valence-corrected chi connectivity index (χ2v) is 15.7. The highest BCUT2D eigenvalue weighted by atomic mass is 79.9. The SMILES string of the molecule is CSc1c(Br)ccc2c(-c3nc(Cl)ncc3Cl)cn(COCC[Si](C)(C)C)c12. The van der Waals surface area contributed by atoms with E-state index in [0.717, 1.165) is 38.5 Å². The van der Waals surface area contributed by atoms with Crippen molar-refractivity contribution in [2.75, 3.05) is 12.9 Å². The molecule has 0 aliphatic heterocycles. The van der Waals surface area contributed by atoms with Crippen LogP contribution in [-0.2, 0) is 11.5 Å². The quantitative estimate of drug-likeness (QED) is 0.143. The third-order valence-corrected chi connectivity index (χ3v) is 8.25. The van der Waals surface area contributed by atoms with Crippen LogP contribution in [0.15, 0.2) is 33.9 Å². The first-order chi connectivity index (χ1) is 13.2. The van der Waals surface area contributed by atoms with E-state index < -0.39 is 8.07 Å². The molecule has 0 aliphatic rings. The molecule has 0 fully saturated rings. The van der Waals surface area contributed by atoms with E-state index in [1.807, 2.05) is 12.3 Å². The maximum absolute atomic E-state index is 6.39. The zero-order valence-electron chi connectivity index (χ0n) is 16.2.